The summed E-state index contributed by atoms with van der Waals surface area (Å²) >= 11 is 0. The topological polar surface area (TPSA) is 35.5 Å². The number of carbonyl (C=O) groups is 1. The maximum Gasteiger partial charge on any atom is 0.190 e. The summed E-state index contributed by atoms with van der Waals surface area (Å²) in [4.78, 5) is 12.0. The molecule has 2 aromatic rings. The molecule has 1 atom stereocenters. The van der Waals surface area contributed by atoms with Gasteiger partial charge in [-0.1, -0.05) is 43.0 Å². The molecule has 2 aromatic carbocycles. The van der Waals surface area contributed by atoms with E-state index in [2.05, 4.69) is 36.9 Å². The number of fused-ring (bicyclic) bond motifs is 3. The monoisotopic (exact) mass is 306 g/mol. The maximum absolute atomic E-state index is 12.0. The van der Waals surface area contributed by atoms with Crippen molar-refractivity contribution in [3.8, 4) is 16.9 Å². The first-order chi connectivity index (χ1) is 11.2. The second kappa shape index (κ2) is 5.36. The van der Waals surface area contributed by atoms with Crippen molar-refractivity contribution in [2.75, 3.05) is 13.2 Å². The number of ether oxygens (including phenoxy) is 2. The minimum absolute atomic E-state index is 0.0976. The molecule has 1 saturated heterocycles. The van der Waals surface area contributed by atoms with Crippen molar-refractivity contribution in [3.05, 3.63) is 66.2 Å². The number of rotatable bonds is 5. The van der Waals surface area contributed by atoms with Gasteiger partial charge in [-0.3, -0.25) is 4.79 Å². The summed E-state index contributed by atoms with van der Waals surface area (Å²) in [6.07, 6.45) is 2.88. The summed E-state index contributed by atoms with van der Waals surface area (Å²) in [5, 5.41) is 0. The molecule has 1 aliphatic carbocycles. The van der Waals surface area contributed by atoms with E-state index in [1.54, 1.807) is 0 Å². The Balaban J connectivity index is 1.60. The first kappa shape index (κ1) is 14.2. The standard InChI is InChI=1S/C20H18O3/c1-2-19(21)20(10-11-23-20)13-22-18-9-5-8-16-15-7-4-3-6-14(15)12-17(16)18/h2-9H,1,10-13H2. The molecule has 0 amide bonds. The zero-order valence-corrected chi connectivity index (χ0v) is 12.9. The smallest absolute Gasteiger partial charge is 0.190 e. The number of carbonyl (C=O) groups excluding carboxylic acids is 1. The van der Waals surface area contributed by atoms with E-state index in [9.17, 15) is 4.79 Å². The summed E-state index contributed by atoms with van der Waals surface area (Å²) in [6.45, 7) is 4.40. The summed E-state index contributed by atoms with van der Waals surface area (Å²) in [7, 11) is 0. The van der Waals surface area contributed by atoms with Gasteiger partial charge in [-0.15, -0.1) is 0 Å². The van der Waals surface area contributed by atoms with Gasteiger partial charge in [-0.05, 0) is 28.8 Å². The molecule has 0 aromatic heterocycles. The molecule has 0 bridgehead atoms. The molecule has 0 N–H and O–H groups in total. The highest BCUT2D eigenvalue weighted by Gasteiger charge is 2.45. The molecular formula is C20H18O3. The third-order valence-corrected chi connectivity index (χ3v) is 4.79. The van der Waals surface area contributed by atoms with Crippen LogP contribution < -0.4 is 4.74 Å². The Morgan fingerprint density at radius 3 is 2.74 bits per heavy atom. The molecule has 1 aliphatic heterocycles. The summed E-state index contributed by atoms with van der Waals surface area (Å²) < 4.78 is 11.5. The van der Waals surface area contributed by atoms with Crippen LogP contribution in [-0.2, 0) is 16.0 Å². The van der Waals surface area contributed by atoms with E-state index in [-0.39, 0.29) is 12.4 Å². The van der Waals surface area contributed by atoms with E-state index in [4.69, 9.17) is 9.47 Å². The lowest BCUT2D eigenvalue weighted by molar-refractivity contribution is -0.177. The highest BCUT2D eigenvalue weighted by atomic mass is 16.6. The molecule has 1 heterocycles. The predicted molar refractivity (Wildman–Crippen MR) is 88.7 cm³/mol. The predicted octanol–water partition coefficient (Wildman–Crippen LogP) is 3.55. The highest BCUT2D eigenvalue weighted by molar-refractivity contribution is 5.97. The largest absolute Gasteiger partial charge is 0.490 e. The third kappa shape index (κ3) is 2.20. The van der Waals surface area contributed by atoms with Crippen molar-refractivity contribution in [2.45, 2.75) is 18.4 Å². The molecule has 0 radical (unpaired) electrons. The van der Waals surface area contributed by atoms with Gasteiger partial charge in [0.1, 0.15) is 12.4 Å². The lowest BCUT2D eigenvalue weighted by Crippen LogP contribution is -2.54. The van der Waals surface area contributed by atoms with Crippen LogP contribution in [0.4, 0.5) is 0 Å². The normalized spacial score (nSPS) is 21.0. The molecule has 1 unspecified atom stereocenters. The quantitative estimate of drug-likeness (QED) is 0.676. The summed E-state index contributed by atoms with van der Waals surface area (Å²) in [5.41, 5.74) is 4.15. The second-order valence-corrected chi connectivity index (χ2v) is 6.07. The maximum atomic E-state index is 12.0. The van der Waals surface area contributed by atoms with Gasteiger partial charge in [-0.25, -0.2) is 0 Å². The molecule has 116 valence electrons. The minimum Gasteiger partial charge on any atom is -0.490 e. The Morgan fingerprint density at radius 2 is 2.00 bits per heavy atom. The van der Waals surface area contributed by atoms with E-state index in [1.807, 2.05) is 12.1 Å². The average Bonchev–Trinajstić information content (AvgIpc) is 2.93. The number of hydrogen-bond donors (Lipinski definition) is 0. The number of benzene rings is 2. The minimum atomic E-state index is -0.837. The fraction of sp³-hybridized carbons (Fsp3) is 0.250. The second-order valence-electron chi connectivity index (χ2n) is 6.07. The molecule has 0 saturated carbocycles. The molecule has 2 aliphatic rings. The average molecular weight is 306 g/mol. The van der Waals surface area contributed by atoms with E-state index in [0.717, 1.165) is 12.2 Å². The molecule has 23 heavy (non-hydrogen) atoms. The van der Waals surface area contributed by atoms with Crippen LogP contribution in [0.5, 0.6) is 5.75 Å². The first-order valence-electron chi connectivity index (χ1n) is 7.87. The van der Waals surface area contributed by atoms with E-state index in [1.165, 1.54) is 28.3 Å². The Kier molecular flexibility index (Phi) is 3.31. The zero-order chi connectivity index (χ0) is 15.9. The molecule has 3 heteroatoms. The van der Waals surface area contributed by atoms with Crippen LogP contribution in [0.2, 0.25) is 0 Å². The summed E-state index contributed by atoms with van der Waals surface area (Å²) in [6, 6.07) is 14.5. The molecule has 1 fully saturated rings. The third-order valence-electron chi connectivity index (χ3n) is 4.79. The zero-order valence-electron chi connectivity index (χ0n) is 12.9. The number of ketones is 1. The SMILES string of the molecule is C=CC(=O)C1(COc2cccc3c2Cc2ccccc2-3)CCO1. The van der Waals surface area contributed by atoms with Gasteiger partial charge in [0.15, 0.2) is 11.4 Å². The van der Waals surface area contributed by atoms with Gasteiger partial charge in [0.25, 0.3) is 0 Å². The van der Waals surface area contributed by atoms with Gasteiger partial charge in [0, 0.05) is 18.4 Å². The highest BCUT2D eigenvalue weighted by Crippen LogP contribution is 2.41. The van der Waals surface area contributed by atoms with E-state index in [0.29, 0.717) is 13.0 Å². The van der Waals surface area contributed by atoms with Crippen molar-refractivity contribution in [1.82, 2.24) is 0 Å². The van der Waals surface area contributed by atoms with E-state index >= 15 is 0 Å². The van der Waals surface area contributed by atoms with Crippen LogP contribution in [0.25, 0.3) is 11.1 Å². The van der Waals surface area contributed by atoms with Crippen LogP contribution in [0.1, 0.15) is 17.5 Å². The Labute approximate surface area is 135 Å². The van der Waals surface area contributed by atoms with Crippen LogP contribution >= 0.6 is 0 Å². The van der Waals surface area contributed by atoms with E-state index < -0.39 is 5.60 Å². The molecule has 0 spiro atoms. The van der Waals surface area contributed by atoms with Crippen LogP contribution in [0, 0.1) is 0 Å². The lowest BCUT2D eigenvalue weighted by atomic mass is 9.90. The van der Waals surface area contributed by atoms with Crippen LogP contribution in [0.15, 0.2) is 55.1 Å². The van der Waals surface area contributed by atoms with Crippen molar-refractivity contribution in [2.24, 2.45) is 0 Å². The van der Waals surface area contributed by atoms with Gasteiger partial charge in [-0.2, -0.15) is 0 Å². The van der Waals surface area contributed by atoms with Gasteiger partial charge >= 0.3 is 0 Å². The van der Waals surface area contributed by atoms with Gasteiger partial charge in [0.05, 0.1) is 6.61 Å². The number of hydrogen-bond acceptors (Lipinski definition) is 3. The Hall–Kier alpha value is -2.39. The first-order valence-corrected chi connectivity index (χ1v) is 7.87. The Morgan fingerprint density at radius 1 is 1.22 bits per heavy atom. The fourth-order valence-corrected chi connectivity index (χ4v) is 3.37. The Bertz CT molecular complexity index is 787. The summed E-state index contributed by atoms with van der Waals surface area (Å²) in [5.74, 6) is 0.741. The molecular weight excluding hydrogens is 288 g/mol. The van der Waals surface area contributed by atoms with Crippen molar-refractivity contribution < 1.29 is 14.3 Å². The van der Waals surface area contributed by atoms with Gasteiger partial charge < -0.3 is 9.47 Å². The lowest BCUT2D eigenvalue weighted by Gasteiger charge is -2.39. The van der Waals surface area contributed by atoms with Crippen molar-refractivity contribution >= 4 is 5.78 Å². The van der Waals surface area contributed by atoms with Crippen LogP contribution in [0.3, 0.4) is 0 Å². The molecule has 4 rings (SSSR count). The molecule has 3 nitrogen and oxygen atoms in total. The van der Waals surface area contributed by atoms with Gasteiger partial charge in [0.2, 0.25) is 0 Å². The van der Waals surface area contributed by atoms with Crippen LogP contribution in [-0.4, -0.2) is 24.6 Å². The van der Waals surface area contributed by atoms with Crippen molar-refractivity contribution in [1.29, 1.82) is 0 Å². The fourth-order valence-electron chi connectivity index (χ4n) is 3.37. The van der Waals surface area contributed by atoms with Crippen molar-refractivity contribution in [3.63, 3.8) is 0 Å².